The van der Waals surface area contributed by atoms with E-state index >= 15 is 0 Å². The van der Waals surface area contributed by atoms with Gasteiger partial charge in [-0.15, -0.1) is 0 Å². The molecule has 0 spiro atoms. The third-order valence-electron chi connectivity index (χ3n) is 2.31. The van der Waals surface area contributed by atoms with Crippen LogP contribution in [0.2, 0.25) is 0 Å². The molecule has 0 bridgehead atoms. The summed E-state index contributed by atoms with van der Waals surface area (Å²) in [6.45, 7) is 9.36. The molecule has 0 aromatic rings. The van der Waals surface area contributed by atoms with Crippen molar-refractivity contribution >= 4 is 5.78 Å². The fourth-order valence-corrected chi connectivity index (χ4v) is 1.69. The number of carbonyl (C=O) groups excluding carboxylic acids is 1. The van der Waals surface area contributed by atoms with Gasteiger partial charge in [-0.1, -0.05) is 24.8 Å². The Bertz CT molecular complexity index is 281. The van der Waals surface area contributed by atoms with E-state index in [1.807, 2.05) is 13.0 Å². The zero-order valence-corrected chi connectivity index (χ0v) is 8.23. The Balaban J connectivity index is 2.75. The maximum absolute atomic E-state index is 11.7. The van der Waals surface area contributed by atoms with E-state index in [0.717, 1.165) is 36.0 Å². The third kappa shape index (κ3) is 2.41. The molecule has 70 valence electrons. The molecule has 0 heterocycles. The van der Waals surface area contributed by atoms with Gasteiger partial charge in [0.15, 0.2) is 5.78 Å². The Morgan fingerprint density at radius 2 is 2.23 bits per heavy atom. The van der Waals surface area contributed by atoms with Crippen molar-refractivity contribution in [1.29, 1.82) is 0 Å². The fourth-order valence-electron chi connectivity index (χ4n) is 1.69. The normalized spacial score (nSPS) is 16.1. The molecular weight excluding hydrogens is 160 g/mol. The van der Waals surface area contributed by atoms with Crippen LogP contribution < -0.4 is 0 Å². The lowest BCUT2D eigenvalue weighted by Gasteiger charge is -2.02. The summed E-state index contributed by atoms with van der Waals surface area (Å²) in [6.07, 6.45) is 5.35. The third-order valence-corrected chi connectivity index (χ3v) is 2.31. The molecule has 1 nitrogen and oxygen atoms in total. The van der Waals surface area contributed by atoms with Gasteiger partial charge in [0.25, 0.3) is 0 Å². The first-order valence-electron chi connectivity index (χ1n) is 4.67. The second-order valence-corrected chi connectivity index (χ2v) is 3.62. The number of allylic oxidation sites excluding steroid dienone is 4. The zero-order valence-electron chi connectivity index (χ0n) is 8.23. The van der Waals surface area contributed by atoms with Crippen LogP contribution in [0.4, 0.5) is 0 Å². The van der Waals surface area contributed by atoms with E-state index in [1.165, 1.54) is 0 Å². The first kappa shape index (κ1) is 9.97. The van der Waals surface area contributed by atoms with E-state index in [0.29, 0.717) is 6.42 Å². The minimum absolute atomic E-state index is 0.236. The standard InChI is InChI=1S/C12H16O/c1-4-10-6-5-7-11(10)12(13)8-9(2)3/h4H,1-2,5-8H2,3H3. The second kappa shape index (κ2) is 4.22. The highest BCUT2D eigenvalue weighted by atomic mass is 16.1. The highest BCUT2D eigenvalue weighted by Gasteiger charge is 2.18. The van der Waals surface area contributed by atoms with Crippen molar-refractivity contribution in [2.45, 2.75) is 32.6 Å². The van der Waals surface area contributed by atoms with Crippen LogP contribution in [-0.2, 0) is 4.79 Å². The summed E-state index contributed by atoms with van der Waals surface area (Å²) in [6, 6.07) is 0. The Kier molecular flexibility index (Phi) is 3.24. The van der Waals surface area contributed by atoms with E-state index in [4.69, 9.17) is 0 Å². The van der Waals surface area contributed by atoms with E-state index in [-0.39, 0.29) is 5.78 Å². The molecule has 1 aliphatic carbocycles. The van der Waals surface area contributed by atoms with Gasteiger partial charge in [0.05, 0.1) is 0 Å². The lowest BCUT2D eigenvalue weighted by Crippen LogP contribution is -2.02. The fraction of sp³-hybridized carbons (Fsp3) is 0.417. The van der Waals surface area contributed by atoms with Gasteiger partial charge >= 0.3 is 0 Å². The van der Waals surface area contributed by atoms with Crippen LogP contribution in [0.3, 0.4) is 0 Å². The molecule has 0 aromatic carbocycles. The molecule has 0 unspecified atom stereocenters. The molecule has 0 aliphatic heterocycles. The van der Waals surface area contributed by atoms with Crippen molar-refractivity contribution < 1.29 is 4.79 Å². The van der Waals surface area contributed by atoms with Crippen molar-refractivity contribution in [3.8, 4) is 0 Å². The molecule has 0 saturated carbocycles. The van der Waals surface area contributed by atoms with Gasteiger partial charge in [0.2, 0.25) is 0 Å². The van der Waals surface area contributed by atoms with Gasteiger partial charge in [-0.05, 0) is 37.3 Å². The van der Waals surface area contributed by atoms with Crippen molar-refractivity contribution in [2.75, 3.05) is 0 Å². The Labute approximate surface area is 79.8 Å². The average Bonchev–Trinajstić information content (AvgIpc) is 2.49. The van der Waals surface area contributed by atoms with Crippen molar-refractivity contribution in [3.63, 3.8) is 0 Å². The smallest absolute Gasteiger partial charge is 0.163 e. The predicted octanol–water partition coefficient (Wildman–Crippen LogP) is 3.19. The number of rotatable bonds is 4. The first-order chi connectivity index (χ1) is 6.15. The first-order valence-corrected chi connectivity index (χ1v) is 4.67. The Hall–Kier alpha value is -1.11. The number of carbonyl (C=O) groups is 1. The quantitative estimate of drug-likeness (QED) is 0.601. The average molecular weight is 176 g/mol. The number of hydrogen-bond acceptors (Lipinski definition) is 1. The summed E-state index contributed by atoms with van der Waals surface area (Å²) >= 11 is 0. The summed E-state index contributed by atoms with van der Waals surface area (Å²) in [5.41, 5.74) is 3.07. The van der Waals surface area contributed by atoms with Gasteiger partial charge in [-0.2, -0.15) is 0 Å². The summed E-state index contributed by atoms with van der Waals surface area (Å²) in [5.74, 6) is 0.236. The molecule has 0 aromatic heterocycles. The van der Waals surface area contributed by atoms with E-state index < -0.39 is 0 Å². The zero-order chi connectivity index (χ0) is 9.84. The van der Waals surface area contributed by atoms with Crippen molar-refractivity contribution in [3.05, 3.63) is 36.0 Å². The molecule has 0 atom stereocenters. The van der Waals surface area contributed by atoms with Gasteiger partial charge in [0.1, 0.15) is 0 Å². The molecule has 1 aliphatic rings. The maximum atomic E-state index is 11.7. The van der Waals surface area contributed by atoms with E-state index in [1.54, 1.807) is 0 Å². The minimum Gasteiger partial charge on any atom is -0.294 e. The summed E-state index contributed by atoms with van der Waals surface area (Å²) < 4.78 is 0. The molecule has 1 heteroatoms. The second-order valence-electron chi connectivity index (χ2n) is 3.62. The predicted molar refractivity (Wildman–Crippen MR) is 55.5 cm³/mol. The molecule has 0 radical (unpaired) electrons. The van der Waals surface area contributed by atoms with Crippen LogP contribution >= 0.6 is 0 Å². The van der Waals surface area contributed by atoms with E-state index in [2.05, 4.69) is 13.2 Å². The minimum atomic E-state index is 0.236. The van der Waals surface area contributed by atoms with Gasteiger partial charge in [-0.3, -0.25) is 4.79 Å². The lowest BCUT2D eigenvalue weighted by molar-refractivity contribution is -0.115. The molecular formula is C12H16O. The van der Waals surface area contributed by atoms with Crippen molar-refractivity contribution in [2.24, 2.45) is 0 Å². The highest BCUT2D eigenvalue weighted by Crippen LogP contribution is 2.28. The largest absolute Gasteiger partial charge is 0.294 e. The molecule has 0 amide bonds. The van der Waals surface area contributed by atoms with Gasteiger partial charge in [-0.25, -0.2) is 0 Å². The molecule has 0 saturated heterocycles. The van der Waals surface area contributed by atoms with Crippen LogP contribution in [0, 0.1) is 0 Å². The van der Waals surface area contributed by atoms with Crippen LogP contribution in [-0.4, -0.2) is 5.78 Å². The van der Waals surface area contributed by atoms with Gasteiger partial charge < -0.3 is 0 Å². The van der Waals surface area contributed by atoms with E-state index in [9.17, 15) is 4.79 Å². The number of ketones is 1. The maximum Gasteiger partial charge on any atom is 0.163 e. The summed E-state index contributed by atoms with van der Waals surface area (Å²) in [4.78, 5) is 11.7. The number of hydrogen-bond donors (Lipinski definition) is 0. The highest BCUT2D eigenvalue weighted by molar-refractivity contribution is 5.98. The van der Waals surface area contributed by atoms with Crippen LogP contribution in [0.25, 0.3) is 0 Å². The summed E-state index contributed by atoms with van der Waals surface area (Å²) in [5, 5.41) is 0. The Morgan fingerprint density at radius 3 is 2.77 bits per heavy atom. The molecule has 13 heavy (non-hydrogen) atoms. The van der Waals surface area contributed by atoms with Crippen LogP contribution in [0.5, 0.6) is 0 Å². The molecule has 0 N–H and O–H groups in total. The SMILES string of the molecule is C=CC1=C(C(=O)CC(=C)C)CCC1. The lowest BCUT2D eigenvalue weighted by atomic mass is 10.0. The van der Waals surface area contributed by atoms with Crippen molar-refractivity contribution in [1.82, 2.24) is 0 Å². The molecule has 0 fully saturated rings. The Morgan fingerprint density at radius 1 is 1.54 bits per heavy atom. The summed E-state index contributed by atoms with van der Waals surface area (Å²) in [7, 11) is 0. The molecule has 1 rings (SSSR count). The topological polar surface area (TPSA) is 17.1 Å². The number of Topliss-reactive ketones (excluding diaryl/α,β-unsaturated/α-hetero) is 1. The van der Waals surface area contributed by atoms with Crippen LogP contribution in [0.15, 0.2) is 36.0 Å². The van der Waals surface area contributed by atoms with Gasteiger partial charge in [0, 0.05) is 6.42 Å². The monoisotopic (exact) mass is 176 g/mol. The van der Waals surface area contributed by atoms with Crippen LogP contribution in [0.1, 0.15) is 32.6 Å².